The number of ketones is 2. The maximum atomic E-state index is 12.1. The van der Waals surface area contributed by atoms with Gasteiger partial charge in [-0.05, 0) is 52.0 Å². The molecule has 0 fully saturated rings. The van der Waals surface area contributed by atoms with Gasteiger partial charge in [0.1, 0.15) is 64.6 Å². The zero-order valence-corrected chi connectivity index (χ0v) is 20.3. The van der Waals surface area contributed by atoms with Gasteiger partial charge in [-0.1, -0.05) is 0 Å². The molecule has 0 aromatic heterocycles. The number of esters is 2. The summed E-state index contributed by atoms with van der Waals surface area (Å²) < 4.78 is 20.6. The molecule has 2 rings (SSSR count). The smallest absolute Gasteiger partial charge is 0.341 e. The second-order valence-corrected chi connectivity index (χ2v) is 7.50. The van der Waals surface area contributed by atoms with E-state index in [4.69, 9.17) is 18.9 Å². The Labute approximate surface area is 207 Å². The molecule has 0 aliphatic heterocycles. The SMILES string of the molecule is CCOC(=O)c1ccc(OCC(O)COc2ccc(C(=O)OCC)c(O)c2C(C)=O)c(C(C)=O)c1O. The molecule has 0 aliphatic rings. The number of ether oxygens (including phenoxy) is 4. The van der Waals surface area contributed by atoms with Crippen LogP contribution in [0.5, 0.6) is 23.0 Å². The summed E-state index contributed by atoms with van der Waals surface area (Å²) >= 11 is 0. The molecule has 194 valence electrons. The number of rotatable bonds is 12. The van der Waals surface area contributed by atoms with Crippen molar-refractivity contribution in [2.45, 2.75) is 33.8 Å². The molecule has 0 atom stereocenters. The van der Waals surface area contributed by atoms with Gasteiger partial charge in [-0.15, -0.1) is 0 Å². The molecular weight excluding hydrogens is 476 g/mol. The number of Topliss-reactive ketones (excluding diaryl/α,β-unsaturated/α-hetero) is 2. The van der Waals surface area contributed by atoms with E-state index < -0.39 is 41.1 Å². The third-order valence-electron chi connectivity index (χ3n) is 4.84. The molecule has 0 saturated carbocycles. The highest BCUT2D eigenvalue weighted by Gasteiger charge is 2.24. The average Bonchev–Trinajstić information content (AvgIpc) is 2.80. The lowest BCUT2D eigenvalue weighted by Gasteiger charge is -2.18. The maximum Gasteiger partial charge on any atom is 0.341 e. The van der Waals surface area contributed by atoms with Gasteiger partial charge in [-0.3, -0.25) is 9.59 Å². The third-order valence-corrected chi connectivity index (χ3v) is 4.84. The Bertz CT molecular complexity index is 1060. The molecule has 11 nitrogen and oxygen atoms in total. The van der Waals surface area contributed by atoms with Gasteiger partial charge in [0, 0.05) is 0 Å². The van der Waals surface area contributed by atoms with Crippen LogP contribution < -0.4 is 9.47 Å². The van der Waals surface area contributed by atoms with Gasteiger partial charge in [-0.2, -0.15) is 0 Å². The molecule has 2 aromatic rings. The summed E-state index contributed by atoms with van der Waals surface area (Å²) in [5.74, 6) is -4.14. The highest BCUT2D eigenvalue weighted by atomic mass is 16.5. The van der Waals surface area contributed by atoms with Gasteiger partial charge in [0.2, 0.25) is 0 Å². The second-order valence-electron chi connectivity index (χ2n) is 7.50. The Hall–Kier alpha value is -4.12. The summed E-state index contributed by atoms with van der Waals surface area (Å²) in [6.07, 6.45) is -1.27. The van der Waals surface area contributed by atoms with Gasteiger partial charge in [0.25, 0.3) is 0 Å². The second kappa shape index (κ2) is 12.5. The van der Waals surface area contributed by atoms with Crippen LogP contribution in [0.1, 0.15) is 69.1 Å². The first-order valence-electron chi connectivity index (χ1n) is 11.0. The van der Waals surface area contributed by atoms with Crippen LogP contribution in [-0.2, 0) is 9.47 Å². The number of aliphatic hydroxyl groups is 1. The van der Waals surface area contributed by atoms with E-state index in [1.807, 2.05) is 0 Å². The molecule has 0 bridgehead atoms. The van der Waals surface area contributed by atoms with Gasteiger partial charge in [-0.25, -0.2) is 9.59 Å². The first kappa shape index (κ1) is 28.1. The number of hydrogen-bond donors (Lipinski definition) is 3. The van der Waals surface area contributed by atoms with Crippen molar-refractivity contribution in [1.29, 1.82) is 0 Å². The highest BCUT2D eigenvalue weighted by molar-refractivity contribution is 6.05. The van der Waals surface area contributed by atoms with Crippen LogP contribution in [0, 0.1) is 0 Å². The molecule has 2 aromatic carbocycles. The van der Waals surface area contributed by atoms with Crippen LogP contribution >= 0.6 is 0 Å². The number of phenolic OH excluding ortho intramolecular Hbond substituents is 2. The lowest BCUT2D eigenvalue weighted by atomic mass is 10.0. The number of aliphatic hydroxyl groups excluding tert-OH is 1. The fraction of sp³-hybridized carbons (Fsp3) is 0.360. The molecule has 0 radical (unpaired) electrons. The summed E-state index contributed by atoms with van der Waals surface area (Å²) in [5, 5.41) is 31.1. The van der Waals surface area contributed by atoms with Crippen molar-refractivity contribution in [3.63, 3.8) is 0 Å². The van der Waals surface area contributed by atoms with Crippen LogP contribution in [0.3, 0.4) is 0 Å². The molecular formula is C25H28O11. The fourth-order valence-electron chi connectivity index (χ4n) is 3.23. The Morgan fingerprint density at radius 3 is 1.39 bits per heavy atom. The summed E-state index contributed by atoms with van der Waals surface area (Å²) in [7, 11) is 0. The molecule has 0 aliphatic carbocycles. The largest absolute Gasteiger partial charge is 0.506 e. The Morgan fingerprint density at radius 1 is 0.722 bits per heavy atom. The standard InChI is InChI=1S/C25H28O11/c1-5-33-24(31)16-7-9-18(20(13(3)26)22(16)29)35-11-15(28)12-36-19-10-8-17(25(32)34-6-2)23(30)21(19)14(4)27/h7-10,15,28-30H,5-6,11-12H2,1-4H3. The van der Waals surface area contributed by atoms with Gasteiger partial charge >= 0.3 is 11.9 Å². The van der Waals surface area contributed by atoms with E-state index in [1.165, 1.54) is 38.1 Å². The summed E-state index contributed by atoms with van der Waals surface area (Å²) in [4.78, 5) is 48.1. The fourth-order valence-corrected chi connectivity index (χ4v) is 3.23. The number of benzene rings is 2. The molecule has 11 heteroatoms. The zero-order chi connectivity index (χ0) is 27.0. The lowest BCUT2D eigenvalue weighted by Crippen LogP contribution is -2.26. The van der Waals surface area contributed by atoms with Crippen LogP contribution in [-0.4, -0.2) is 71.4 Å². The van der Waals surface area contributed by atoms with Crippen molar-refractivity contribution in [1.82, 2.24) is 0 Å². The van der Waals surface area contributed by atoms with E-state index in [0.29, 0.717) is 0 Å². The van der Waals surface area contributed by atoms with Gasteiger partial charge in [0.15, 0.2) is 11.6 Å². The Kier molecular flexibility index (Phi) is 9.80. The minimum Gasteiger partial charge on any atom is -0.506 e. The lowest BCUT2D eigenvalue weighted by molar-refractivity contribution is 0.0512. The average molecular weight is 504 g/mol. The minimum absolute atomic E-state index is 0.0760. The van der Waals surface area contributed by atoms with Crippen molar-refractivity contribution in [2.75, 3.05) is 26.4 Å². The molecule has 36 heavy (non-hydrogen) atoms. The van der Waals surface area contributed by atoms with E-state index in [9.17, 15) is 34.5 Å². The number of phenols is 2. The zero-order valence-electron chi connectivity index (χ0n) is 20.3. The van der Waals surface area contributed by atoms with Crippen LogP contribution in [0.15, 0.2) is 24.3 Å². The van der Waals surface area contributed by atoms with E-state index in [0.717, 1.165) is 0 Å². The quantitative estimate of drug-likeness (QED) is 0.287. The molecule has 0 heterocycles. The van der Waals surface area contributed by atoms with E-state index in [-0.39, 0.29) is 60.2 Å². The summed E-state index contributed by atoms with van der Waals surface area (Å²) in [6.45, 7) is 4.91. The first-order valence-corrected chi connectivity index (χ1v) is 11.0. The Balaban J connectivity index is 2.15. The third kappa shape index (κ3) is 6.51. The van der Waals surface area contributed by atoms with Gasteiger partial charge in [0.05, 0.1) is 13.2 Å². The summed E-state index contributed by atoms with van der Waals surface area (Å²) in [6, 6.07) is 5.03. The predicted molar refractivity (Wildman–Crippen MR) is 125 cm³/mol. The van der Waals surface area contributed by atoms with Crippen LogP contribution in [0.2, 0.25) is 0 Å². The number of carbonyl (C=O) groups excluding carboxylic acids is 4. The number of hydrogen-bond acceptors (Lipinski definition) is 11. The van der Waals surface area contributed by atoms with Crippen molar-refractivity contribution < 1.29 is 53.4 Å². The normalized spacial score (nSPS) is 10.6. The number of aromatic hydroxyl groups is 2. The van der Waals surface area contributed by atoms with Crippen LogP contribution in [0.4, 0.5) is 0 Å². The van der Waals surface area contributed by atoms with Crippen molar-refractivity contribution >= 4 is 23.5 Å². The van der Waals surface area contributed by atoms with Crippen molar-refractivity contribution in [2.24, 2.45) is 0 Å². The van der Waals surface area contributed by atoms with Crippen LogP contribution in [0.25, 0.3) is 0 Å². The predicted octanol–water partition coefficient (Wildman–Crippen LogP) is 2.68. The van der Waals surface area contributed by atoms with E-state index in [1.54, 1.807) is 13.8 Å². The number of carbonyl (C=O) groups is 4. The molecule has 0 spiro atoms. The Morgan fingerprint density at radius 2 is 1.08 bits per heavy atom. The first-order chi connectivity index (χ1) is 17.0. The van der Waals surface area contributed by atoms with Gasteiger partial charge < -0.3 is 34.3 Å². The minimum atomic E-state index is -1.27. The highest BCUT2D eigenvalue weighted by Crippen LogP contribution is 2.34. The summed E-state index contributed by atoms with van der Waals surface area (Å²) in [5.41, 5.74) is -0.929. The van der Waals surface area contributed by atoms with E-state index in [2.05, 4.69) is 0 Å². The monoisotopic (exact) mass is 504 g/mol. The maximum absolute atomic E-state index is 12.1. The van der Waals surface area contributed by atoms with E-state index >= 15 is 0 Å². The molecule has 0 amide bonds. The van der Waals surface area contributed by atoms with Crippen molar-refractivity contribution in [3.05, 3.63) is 46.5 Å². The topological polar surface area (TPSA) is 166 Å². The molecule has 0 unspecified atom stereocenters. The molecule has 0 saturated heterocycles. The van der Waals surface area contributed by atoms with Crippen molar-refractivity contribution in [3.8, 4) is 23.0 Å². The molecule has 3 N–H and O–H groups in total.